The number of hydrogen-bond acceptors (Lipinski definition) is 5. The zero-order chi connectivity index (χ0) is 20.7. The van der Waals surface area contributed by atoms with E-state index in [2.05, 4.69) is 0 Å². The van der Waals surface area contributed by atoms with E-state index in [1.54, 1.807) is 25.1 Å². The molecule has 6 nitrogen and oxygen atoms in total. The third-order valence-electron chi connectivity index (χ3n) is 6.11. The van der Waals surface area contributed by atoms with E-state index in [1.165, 1.54) is 0 Å². The summed E-state index contributed by atoms with van der Waals surface area (Å²) >= 11 is 0. The molecule has 0 fully saturated rings. The molecule has 29 heavy (non-hydrogen) atoms. The van der Waals surface area contributed by atoms with E-state index in [4.69, 9.17) is 4.74 Å². The molecule has 1 aromatic rings. The highest BCUT2D eigenvalue weighted by Crippen LogP contribution is 2.48. The Hall–Kier alpha value is -2.89. The minimum atomic E-state index is -1.09. The molecule has 1 aliphatic heterocycles. The fourth-order valence-corrected chi connectivity index (χ4v) is 4.86. The van der Waals surface area contributed by atoms with Gasteiger partial charge < -0.3 is 14.7 Å². The summed E-state index contributed by atoms with van der Waals surface area (Å²) in [6.45, 7) is 2.15. The zero-order valence-corrected chi connectivity index (χ0v) is 16.8. The van der Waals surface area contributed by atoms with Crippen LogP contribution in [0.5, 0.6) is 5.75 Å². The molecule has 0 bridgehead atoms. The van der Waals surface area contributed by atoms with Gasteiger partial charge in [-0.25, -0.2) is 4.79 Å². The molecule has 2 aliphatic carbocycles. The van der Waals surface area contributed by atoms with Crippen LogP contribution >= 0.6 is 0 Å². The van der Waals surface area contributed by atoms with E-state index >= 15 is 0 Å². The van der Waals surface area contributed by atoms with Crippen molar-refractivity contribution in [2.75, 3.05) is 13.7 Å². The van der Waals surface area contributed by atoms with E-state index in [9.17, 15) is 19.5 Å². The smallest absolute Gasteiger partial charge is 0.339 e. The SMILES string of the molecule is CCOc1ccc(C2C3=C(CCCC3=O)N(C)C3=C2C(=O)CCC3)cc1C(=O)O. The lowest BCUT2D eigenvalue weighted by Gasteiger charge is -2.42. The summed E-state index contributed by atoms with van der Waals surface area (Å²) in [6, 6.07) is 5.01. The van der Waals surface area contributed by atoms with Gasteiger partial charge in [-0.15, -0.1) is 0 Å². The number of Topliss-reactive ketones (excluding diaryl/α,β-unsaturated/α-hetero) is 2. The quantitative estimate of drug-likeness (QED) is 0.834. The van der Waals surface area contributed by atoms with Crippen LogP contribution in [-0.4, -0.2) is 41.2 Å². The lowest BCUT2D eigenvalue weighted by atomic mass is 9.71. The lowest BCUT2D eigenvalue weighted by Crippen LogP contribution is -2.37. The summed E-state index contributed by atoms with van der Waals surface area (Å²) in [5.41, 5.74) is 4.00. The summed E-state index contributed by atoms with van der Waals surface area (Å²) in [5, 5.41) is 9.68. The van der Waals surface area contributed by atoms with Gasteiger partial charge in [0, 0.05) is 48.3 Å². The molecule has 1 N–H and O–H groups in total. The Kier molecular flexibility index (Phi) is 5.03. The number of aromatic carboxylic acids is 1. The van der Waals surface area contributed by atoms with Crippen molar-refractivity contribution in [1.29, 1.82) is 0 Å². The fourth-order valence-electron chi connectivity index (χ4n) is 4.86. The van der Waals surface area contributed by atoms with E-state index in [0.717, 1.165) is 37.1 Å². The Morgan fingerprint density at radius 3 is 2.17 bits per heavy atom. The Balaban J connectivity index is 1.93. The van der Waals surface area contributed by atoms with E-state index in [0.29, 0.717) is 41.9 Å². The monoisotopic (exact) mass is 395 g/mol. The number of rotatable bonds is 4. The minimum Gasteiger partial charge on any atom is -0.493 e. The van der Waals surface area contributed by atoms with Crippen molar-refractivity contribution in [3.05, 3.63) is 51.9 Å². The molecule has 0 aromatic heterocycles. The highest BCUT2D eigenvalue weighted by Gasteiger charge is 2.42. The van der Waals surface area contributed by atoms with Crippen LogP contribution in [0.3, 0.4) is 0 Å². The van der Waals surface area contributed by atoms with Gasteiger partial charge in [-0.2, -0.15) is 0 Å². The number of nitrogens with zero attached hydrogens (tertiary/aromatic N) is 1. The summed E-state index contributed by atoms with van der Waals surface area (Å²) in [7, 11) is 1.94. The van der Waals surface area contributed by atoms with Gasteiger partial charge >= 0.3 is 5.97 Å². The largest absolute Gasteiger partial charge is 0.493 e. The number of carboxylic acid groups (broad SMARTS) is 1. The minimum absolute atomic E-state index is 0.0544. The second-order valence-corrected chi connectivity index (χ2v) is 7.76. The number of carbonyl (C=O) groups is 3. The lowest BCUT2D eigenvalue weighted by molar-refractivity contribution is -0.117. The molecule has 0 saturated heterocycles. The van der Waals surface area contributed by atoms with E-state index in [1.807, 2.05) is 11.9 Å². The Bertz CT molecular complexity index is 927. The van der Waals surface area contributed by atoms with Gasteiger partial charge in [0.1, 0.15) is 11.3 Å². The molecule has 6 heteroatoms. The first-order valence-electron chi connectivity index (χ1n) is 10.2. The second-order valence-electron chi connectivity index (χ2n) is 7.76. The van der Waals surface area contributed by atoms with Crippen molar-refractivity contribution in [3.63, 3.8) is 0 Å². The van der Waals surface area contributed by atoms with E-state index in [-0.39, 0.29) is 17.1 Å². The van der Waals surface area contributed by atoms with Crippen LogP contribution in [0, 0.1) is 0 Å². The predicted octanol–water partition coefficient (Wildman–Crippen LogP) is 3.83. The summed E-state index contributed by atoms with van der Waals surface area (Å²) in [6.07, 6.45) is 4.11. The average Bonchev–Trinajstić information content (AvgIpc) is 2.70. The first-order valence-corrected chi connectivity index (χ1v) is 10.2. The van der Waals surface area contributed by atoms with Gasteiger partial charge in [0.15, 0.2) is 11.6 Å². The summed E-state index contributed by atoms with van der Waals surface area (Å²) in [5.74, 6) is -1.18. The molecule has 4 rings (SSSR count). The number of allylic oxidation sites excluding steroid dienone is 4. The van der Waals surface area contributed by atoms with Crippen LogP contribution in [0.1, 0.15) is 67.3 Å². The molecule has 3 aliphatic rings. The van der Waals surface area contributed by atoms with Crippen molar-refractivity contribution < 1.29 is 24.2 Å². The van der Waals surface area contributed by atoms with Gasteiger partial charge in [0.2, 0.25) is 0 Å². The van der Waals surface area contributed by atoms with E-state index < -0.39 is 11.9 Å². The van der Waals surface area contributed by atoms with Crippen molar-refractivity contribution in [1.82, 2.24) is 4.90 Å². The van der Waals surface area contributed by atoms with Crippen LogP contribution in [0.25, 0.3) is 0 Å². The maximum absolute atomic E-state index is 13.0. The Labute approximate surface area is 169 Å². The fraction of sp³-hybridized carbons (Fsp3) is 0.435. The number of ether oxygens (including phenoxy) is 1. The highest BCUT2D eigenvalue weighted by molar-refractivity contribution is 6.06. The Morgan fingerprint density at radius 1 is 1.07 bits per heavy atom. The number of carboxylic acids is 1. The number of benzene rings is 1. The maximum Gasteiger partial charge on any atom is 0.339 e. The molecule has 0 atom stereocenters. The molecular formula is C23H25NO5. The highest BCUT2D eigenvalue weighted by atomic mass is 16.5. The van der Waals surface area contributed by atoms with Gasteiger partial charge in [-0.3, -0.25) is 9.59 Å². The van der Waals surface area contributed by atoms with Gasteiger partial charge in [-0.1, -0.05) is 6.07 Å². The first kappa shape index (κ1) is 19.4. The molecule has 0 spiro atoms. The van der Waals surface area contributed by atoms with Gasteiger partial charge in [-0.05, 0) is 50.3 Å². The van der Waals surface area contributed by atoms with Crippen molar-refractivity contribution in [3.8, 4) is 5.75 Å². The molecule has 1 aromatic carbocycles. The van der Waals surface area contributed by atoms with Crippen molar-refractivity contribution in [2.24, 2.45) is 0 Å². The molecular weight excluding hydrogens is 370 g/mol. The van der Waals surface area contributed by atoms with Crippen LogP contribution in [0.4, 0.5) is 0 Å². The molecule has 152 valence electrons. The predicted molar refractivity (Wildman–Crippen MR) is 107 cm³/mol. The molecule has 1 heterocycles. The summed E-state index contributed by atoms with van der Waals surface area (Å²) in [4.78, 5) is 39.8. The van der Waals surface area contributed by atoms with Crippen molar-refractivity contribution in [2.45, 2.75) is 51.4 Å². The maximum atomic E-state index is 13.0. The summed E-state index contributed by atoms with van der Waals surface area (Å²) < 4.78 is 5.47. The third kappa shape index (κ3) is 3.16. The number of hydrogen-bond donors (Lipinski definition) is 1. The number of carbonyl (C=O) groups excluding carboxylic acids is 2. The normalized spacial score (nSPS) is 20.0. The van der Waals surface area contributed by atoms with Crippen LogP contribution in [0.15, 0.2) is 40.7 Å². The molecule has 0 saturated carbocycles. The van der Waals surface area contributed by atoms with Crippen molar-refractivity contribution >= 4 is 17.5 Å². The van der Waals surface area contributed by atoms with Crippen LogP contribution in [0.2, 0.25) is 0 Å². The second kappa shape index (κ2) is 7.50. The first-order chi connectivity index (χ1) is 13.9. The Morgan fingerprint density at radius 2 is 1.66 bits per heavy atom. The number of ketones is 2. The molecule has 0 amide bonds. The van der Waals surface area contributed by atoms with Gasteiger partial charge in [0.05, 0.1) is 6.61 Å². The third-order valence-corrected chi connectivity index (χ3v) is 6.11. The van der Waals surface area contributed by atoms with Crippen LogP contribution < -0.4 is 4.74 Å². The van der Waals surface area contributed by atoms with Gasteiger partial charge in [0.25, 0.3) is 0 Å². The van der Waals surface area contributed by atoms with Crippen LogP contribution in [-0.2, 0) is 9.59 Å². The molecule has 0 unspecified atom stereocenters. The average molecular weight is 395 g/mol. The topological polar surface area (TPSA) is 83.9 Å². The standard InChI is InChI=1S/C23H25NO5/c1-3-29-19-11-10-13(12-14(19)23(27)28)20-21-15(6-4-8-17(21)25)24(2)16-7-5-9-18(26)22(16)20/h10-12,20H,3-9H2,1-2H3,(H,27,28). The zero-order valence-electron chi connectivity index (χ0n) is 16.8. The molecule has 0 radical (unpaired) electrons.